The molecule has 0 saturated carbocycles. The van der Waals surface area contributed by atoms with Crippen molar-refractivity contribution in [3.8, 4) is 0 Å². The van der Waals surface area contributed by atoms with Crippen LogP contribution >= 0.6 is 0 Å². The molecule has 104 valence electrons. The molecule has 3 heteroatoms. The van der Waals surface area contributed by atoms with Crippen molar-refractivity contribution < 1.29 is 8.78 Å². The van der Waals surface area contributed by atoms with Crippen molar-refractivity contribution in [2.75, 3.05) is 6.54 Å². The highest BCUT2D eigenvalue weighted by Crippen LogP contribution is 2.22. The molecule has 0 saturated heterocycles. The maximum absolute atomic E-state index is 13.5. The highest BCUT2D eigenvalue weighted by Gasteiger charge is 2.17. The summed E-state index contributed by atoms with van der Waals surface area (Å²) in [6.07, 6.45) is 1.54. The molecule has 0 atom stereocenters. The molecule has 0 bridgehead atoms. The summed E-state index contributed by atoms with van der Waals surface area (Å²) in [4.78, 5) is 2.37. The van der Waals surface area contributed by atoms with Crippen molar-refractivity contribution in [2.45, 2.75) is 25.9 Å². The first-order chi connectivity index (χ1) is 9.72. The van der Waals surface area contributed by atoms with Gasteiger partial charge in [0.25, 0.3) is 0 Å². The number of benzene rings is 2. The molecule has 20 heavy (non-hydrogen) atoms. The number of halogens is 2. The van der Waals surface area contributed by atoms with Crippen LogP contribution in [0.2, 0.25) is 0 Å². The average molecular weight is 273 g/mol. The minimum Gasteiger partial charge on any atom is -0.295 e. The van der Waals surface area contributed by atoms with Crippen LogP contribution in [0.25, 0.3) is 0 Å². The third-order valence-corrected chi connectivity index (χ3v) is 3.84. The van der Waals surface area contributed by atoms with Crippen LogP contribution in [-0.2, 0) is 19.5 Å². The van der Waals surface area contributed by atoms with Gasteiger partial charge in [-0.2, -0.15) is 0 Å². The minimum atomic E-state index is -0.513. The average Bonchev–Trinajstić information content (AvgIpc) is 2.84. The second-order valence-corrected chi connectivity index (χ2v) is 5.32. The van der Waals surface area contributed by atoms with E-state index in [2.05, 4.69) is 29.2 Å². The van der Waals surface area contributed by atoms with Gasteiger partial charge in [-0.25, -0.2) is 8.78 Å². The number of hydrogen-bond donors (Lipinski definition) is 0. The summed E-state index contributed by atoms with van der Waals surface area (Å²) in [6.45, 7) is 2.88. The summed E-state index contributed by atoms with van der Waals surface area (Å²) in [7, 11) is 0. The molecule has 2 aromatic rings. The maximum Gasteiger partial charge on any atom is 0.129 e. The van der Waals surface area contributed by atoms with Crippen LogP contribution in [0, 0.1) is 11.6 Å². The summed E-state index contributed by atoms with van der Waals surface area (Å²) >= 11 is 0. The molecule has 1 aliphatic heterocycles. The van der Waals surface area contributed by atoms with E-state index in [4.69, 9.17) is 0 Å². The number of rotatable bonds is 4. The van der Waals surface area contributed by atoms with Gasteiger partial charge in [0.15, 0.2) is 0 Å². The van der Waals surface area contributed by atoms with Crippen molar-refractivity contribution >= 4 is 0 Å². The highest BCUT2D eigenvalue weighted by atomic mass is 19.1. The van der Waals surface area contributed by atoms with Crippen LogP contribution in [0.15, 0.2) is 42.5 Å². The van der Waals surface area contributed by atoms with Gasteiger partial charge < -0.3 is 0 Å². The SMILES string of the molecule is Fc1ccc(CCCN2Cc3ccccc3C2)c(F)c1. The van der Waals surface area contributed by atoms with Crippen LogP contribution in [0.1, 0.15) is 23.1 Å². The van der Waals surface area contributed by atoms with E-state index in [-0.39, 0.29) is 0 Å². The van der Waals surface area contributed by atoms with Crippen LogP contribution in [0.3, 0.4) is 0 Å². The van der Waals surface area contributed by atoms with Crippen molar-refractivity contribution in [1.29, 1.82) is 0 Å². The Hall–Kier alpha value is -1.74. The van der Waals surface area contributed by atoms with E-state index < -0.39 is 11.6 Å². The Morgan fingerprint density at radius 1 is 0.950 bits per heavy atom. The zero-order valence-electron chi connectivity index (χ0n) is 11.3. The number of aryl methyl sites for hydroxylation is 1. The molecule has 1 aliphatic rings. The highest BCUT2D eigenvalue weighted by molar-refractivity contribution is 5.30. The molecule has 0 aliphatic carbocycles. The van der Waals surface area contributed by atoms with Crippen LogP contribution in [0.5, 0.6) is 0 Å². The third kappa shape index (κ3) is 2.88. The van der Waals surface area contributed by atoms with Crippen LogP contribution in [0.4, 0.5) is 8.78 Å². The van der Waals surface area contributed by atoms with Gasteiger partial charge in [0.05, 0.1) is 0 Å². The van der Waals surface area contributed by atoms with Crippen molar-refractivity contribution in [3.63, 3.8) is 0 Å². The smallest absolute Gasteiger partial charge is 0.129 e. The fourth-order valence-corrected chi connectivity index (χ4v) is 2.78. The van der Waals surface area contributed by atoms with Gasteiger partial charge >= 0.3 is 0 Å². The summed E-state index contributed by atoms with van der Waals surface area (Å²) in [5.41, 5.74) is 3.38. The van der Waals surface area contributed by atoms with Crippen molar-refractivity contribution in [1.82, 2.24) is 4.90 Å². The standard InChI is InChI=1S/C17H17F2N/c18-16-8-7-13(17(19)10-16)6-3-9-20-11-14-4-1-2-5-15(14)12-20/h1-2,4-5,7-8,10H,3,6,9,11-12H2. The molecule has 3 rings (SSSR count). The van der Waals surface area contributed by atoms with Crippen LogP contribution in [-0.4, -0.2) is 11.4 Å². The monoisotopic (exact) mass is 273 g/mol. The lowest BCUT2D eigenvalue weighted by atomic mass is 10.1. The topological polar surface area (TPSA) is 3.24 Å². The fourth-order valence-electron chi connectivity index (χ4n) is 2.78. The van der Waals surface area contributed by atoms with Gasteiger partial charge in [-0.05, 0) is 42.1 Å². The number of nitrogens with zero attached hydrogens (tertiary/aromatic N) is 1. The normalized spacial score (nSPS) is 14.5. The zero-order chi connectivity index (χ0) is 13.9. The molecular formula is C17H17F2N. The largest absolute Gasteiger partial charge is 0.295 e. The quantitative estimate of drug-likeness (QED) is 0.816. The second-order valence-electron chi connectivity index (χ2n) is 5.32. The first kappa shape index (κ1) is 13.3. The van der Waals surface area contributed by atoms with Gasteiger partial charge in [-0.15, -0.1) is 0 Å². The van der Waals surface area contributed by atoms with E-state index in [1.165, 1.54) is 17.2 Å². The van der Waals surface area contributed by atoms with E-state index >= 15 is 0 Å². The van der Waals surface area contributed by atoms with Crippen LogP contribution < -0.4 is 0 Å². The van der Waals surface area contributed by atoms with Gasteiger partial charge in [0.1, 0.15) is 11.6 Å². The van der Waals surface area contributed by atoms with E-state index in [9.17, 15) is 8.78 Å². The molecular weight excluding hydrogens is 256 g/mol. The van der Waals surface area contributed by atoms with Gasteiger partial charge in [-0.1, -0.05) is 30.3 Å². The lowest BCUT2D eigenvalue weighted by Crippen LogP contribution is -2.18. The Morgan fingerprint density at radius 2 is 1.65 bits per heavy atom. The Kier molecular flexibility index (Phi) is 3.79. The molecule has 0 amide bonds. The summed E-state index contributed by atoms with van der Waals surface area (Å²) in [5, 5.41) is 0. The molecule has 2 aromatic carbocycles. The van der Waals surface area contributed by atoms with E-state index in [1.807, 2.05) is 0 Å². The Balaban J connectivity index is 1.52. The number of hydrogen-bond acceptors (Lipinski definition) is 1. The molecule has 1 nitrogen and oxygen atoms in total. The Morgan fingerprint density at radius 3 is 2.30 bits per heavy atom. The van der Waals surface area contributed by atoms with E-state index in [0.29, 0.717) is 12.0 Å². The molecule has 0 spiro atoms. The second kappa shape index (κ2) is 5.71. The third-order valence-electron chi connectivity index (χ3n) is 3.84. The Bertz CT molecular complexity index is 585. The molecule has 0 radical (unpaired) electrons. The van der Waals surface area contributed by atoms with Crippen molar-refractivity contribution in [2.24, 2.45) is 0 Å². The predicted octanol–water partition coefficient (Wildman–Crippen LogP) is 3.91. The Labute approximate surface area is 117 Å². The number of fused-ring (bicyclic) bond motifs is 1. The molecule has 0 unspecified atom stereocenters. The zero-order valence-corrected chi connectivity index (χ0v) is 11.3. The molecule has 0 aromatic heterocycles. The minimum absolute atomic E-state index is 0.435. The molecule has 0 fully saturated rings. The maximum atomic E-state index is 13.5. The lowest BCUT2D eigenvalue weighted by Gasteiger charge is -2.14. The van der Waals surface area contributed by atoms with E-state index in [1.54, 1.807) is 6.07 Å². The summed E-state index contributed by atoms with van der Waals surface area (Å²) < 4.78 is 26.3. The fraction of sp³-hybridized carbons (Fsp3) is 0.294. The summed E-state index contributed by atoms with van der Waals surface area (Å²) in [5.74, 6) is -0.948. The van der Waals surface area contributed by atoms with Gasteiger partial charge in [0, 0.05) is 19.2 Å². The first-order valence-electron chi connectivity index (χ1n) is 6.95. The first-order valence-corrected chi connectivity index (χ1v) is 6.95. The van der Waals surface area contributed by atoms with Gasteiger partial charge in [0.2, 0.25) is 0 Å². The van der Waals surface area contributed by atoms with Crippen molar-refractivity contribution in [3.05, 3.63) is 70.8 Å². The lowest BCUT2D eigenvalue weighted by molar-refractivity contribution is 0.280. The predicted molar refractivity (Wildman–Crippen MR) is 75.2 cm³/mol. The molecule has 1 heterocycles. The molecule has 0 N–H and O–H groups in total. The van der Waals surface area contributed by atoms with E-state index in [0.717, 1.165) is 32.1 Å². The summed E-state index contributed by atoms with van der Waals surface area (Å²) in [6, 6.07) is 12.3. The van der Waals surface area contributed by atoms with Gasteiger partial charge in [-0.3, -0.25) is 4.90 Å².